The summed E-state index contributed by atoms with van der Waals surface area (Å²) in [4.78, 5) is 16.0. The van der Waals surface area contributed by atoms with Gasteiger partial charge in [0.25, 0.3) is 5.69 Å². The summed E-state index contributed by atoms with van der Waals surface area (Å²) in [5.41, 5.74) is 5.46. The zero-order valence-corrected chi connectivity index (χ0v) is 8.80. The number of aromatic nitrogens is 1. The lowest BCUT2D eigenvalue weighted by Crippen LogP contribution is -2.19. The Morgan fingerprint density at radius 1 is 1.60 bits per heavy atom. The number of hydrogen-bond donors (Lipinski definition) is 1. The number of nitrogen functional groups attached to an aromatic ring is 1. The number of nitrogens with zero attached hydrogens (tertiary/aromatic N) is 3. The second-order valence-corrected chi connectivity index (χ2v) is 3.29. The van der Waals surface area contributed by atoms with Gasteiger partial charge in [-0.05, 0) is 6.42 Å². The van der Waals surface area contributed by atoms with Gasteiger partial charge in [-0.1, -0.05) is 6.92 Å². The van der Waals surface area contributed by atoms with Crippen molar-refractivity contribution in [3.05, 3.63) is 22.2 Å². The van der Waals surface area contributed by atoms with Crippen LogP contribution in [0.2, 0.25) is 0 Å². The number of rotatable bonds is 4. The van der Waals surface area contributed by atoms with E-state index in [9.17, 15) is 10.1 Å². The minimum atomic E-state index is -0.471. The van der Waals surface area contributed by atoms with Gasteiger partial charge in [-0.25, -0.2) is 4.98 Å². The van der Waals surface area contributed by atoms with Crippen molar-refractivity contribution in [3.8, 4) is 0 Å². The zero-order valence-electron chi connectivity index (χ0n) is 8.80. The topological polar surface area (TPSA) is 85.3 Å². The third kappa shape index (κ3) is 2.80. The van der Waals surface area contributed by atoms with Gasteiger partial charge in [-0.3, -0.25) is 10.1 Å². The minimum absolute atomic E-state index is 0.0274. The molecule has 6 heteroatoms. The predicted octanol–water partition coefficient (Wildman–Crippen LogP) is 1.42. The highest BCUT2D eigenvalue weighted by atomic mass is 16.6. The van der Waals surface area contributed by atoms with Crippen LogP contribution >= 0.6 is 0 Å². The van der Waals surface area contributed by atoms with Gasteiger partial charge in [0.2, 0.25) is 0 Å². The van der Waals surface area contributed by atoms with Gasteiger partial charge < -0.3 is 10.6 Å². The zero-order chi connectivity index (χ0) is 11.4. The molecule has 0 saturated carbocycles. The van der Waals surface area contributed by atoms with Crippen LogP contribution in [0.25, 0.3) is 0 Å². The number of anilines is 2. The molecule has 0 unspecified atom stereocenters. The van der Waals surface area contributed by atoms with Gasteiger partial charge in [0.05, 0.1) is 17.1 Å². The van der Waals surface area contributed by atoms with Crippen molar-refractivity contribution in [1.29, 1.82) is 0 Å². The van der Waals surface area contributed by atoms with Gasteiger partial charge in [-0.15, -0.1) is 0 Å². The lowest BCUT2D eigenvalue weighted by atomic mass is 10.3. The molecular weight excluding hydrogens is 196 g/mol. The van der Waals surface area contributed by atoms with Crippen LogP contribution in [0.5, 0.6) is 0 Å². The minimum Gasteiger partial charge on any atom is -0.383 e. The molecule has 0 atom stereocenters. The van der Waals surface area contributed by atoms with Crippen molar-refractivity contribution >= 4 is 17.3 Å². The fourth-order valence-electron chi connectivity index (χ4n) is 1.27. The maximum absolute atomic E-state index is 10.6. The molecule has 0 aliphatic heterocycles. The molecule has 0 aromatic carbocycles. The maximum atomic E-state index is 10.6. The average Bonchev–Trinajstić information content (AvgIpc) is 2.17. The van der Waals surface area contributed by atoms with E-state index in [1.54, 1.807) is 0 Å². The number of pyridine rings is 1. The summed E-state index contributed by atoms with van der Waals surface area (Å²) < 4.78 is 0. The molecule has 1 heterocycles. The fraction of sp³-hybridized carbons (Fsp3) is 0.444. The molecule has 1 rings (SSSR count). The highest BCUT2D eigenvalue weighted by molar-refractivity contribution is 5.53. The van der Waals surface area contributed by atoms with E-state index in [1.165, 1.54) is 12.1 Å². The quantitative estimate of drug-likeness (QED) is 0.600. The van der Waals surface area contributed by atoms with Crippen molar-refractivity contribution < 1.29 is 4.92 Å². The average molecular weight is 210 g/mol. The number of hydrogen-bond acceptors (Lipinski definition) is 5. The molecule has 2 N–H and O–H groups in total. The van der Waals surface area contributed by atoms with Crippen LogP contribution in [0.4, 0.5) is 17.3 Å². The summed E-state index contributed by atoms with van der Waals surface area (Å²) >= 11 is 0. The van der Waals surface area contributed by atoms with Gasteiger partial charge in [0.15, 0.2) is 0 Å². The summed E-state index contributed by atoms with van der Waals surface area (Å²) in [7, 11) is 1.83. The van der Waals surface area contributed by atoms with E-state index >= 15 is 0 Å². The van der Waals surface area contributed by atoms with Crippen LogP contribution in [0.1, 0.15) is 13.3 Å². The summed E-state index contributed by atoms with van der Waals surface area (Å²) in [6.07, 6.45) is 0.945. The van der Waals surface area contributed by atoms with Gasteiger partial charge in [-0.2, -0.15) is 0 Å². The first kappa shape index (κ1) is 11.2. The van der Waals surface area contributed by atoms with Gasteiger partial charge in [0, 0.05) is 13.6 Å². The summed E-state index contributed by atoms with van der Waals surface area (Å²) in [5.74, 6) is 0.700. The second-order valence-electron chi connectivity index (χ2n) is 3.29. The van der Waals surface area contributed by atoms with Crippen LogP contribution in [-0.2, 0) is 0 Å². The Balaban J connectivity index is 3.03. The van der Waals surface area contributed by atoms with Crippen LogP contribution in [-0.4, -0.2) is 23.5 Å². The van der Waals surface area contributed by atoms with Crippen molar-refractivity contribution in [2.45, 2.75) is 13.3 Å². The summed E-state index contributed by atoms with van der Waals surface area (Å²) in [5, 5.41) is 10.6. The smallest absolute Gasteiger partial charge is 0.276 e. The predicted molar refractivity (Wildman–Crippen MR) is 58.9 cm³/mol. The maximum Gasteiger partial charge on any atom is 0.276 e. The van der Waals surface area contributed by atoms with Crippen LogP contribution in [0.15, 0.2) is 12.1 Å². The van der Waals surface area contributed by atoms with Gasteiger partial charge >= 0.3 is 0 Å². The third-order valence-corrected chi connectivity index (χ3v) is 1.98. The first-order valence-electron chi connectivity index (χ1n) is 4.67. The van der Waals surface area contributed by atoms with Crippen LogP contribution in [0.3, 0.4) is 0 Å². The Bertz CT molecular complexity index is 367. The third-order valence-electron chi connectivity index (χ3n) is 1.98. The van der Waals surface area contributed by atoms with Crippen molar-refractivity contribution in [1.82, 2.24) is 4.98 Å². The number of nitro groups is 1. The molecule has 15 heavy (non-hydrogen) atoms. The Morgan fingerprint density at radius 2 is 2.27 bits per heavy atom. The molecule has 0 aliphatic carbocycles. The summed E-state index contributed by atoms with van der Waals surface area (Å²) in [6.45, 7) is 2.81. The standard InChI is InChI=1S/C9H14N4O2/c1-3-4-12(2)9-6-7(13(14)15)5-8(10)11-9/h5-6H,3-4H2,1-2H3,(H2,10,11). The van der Waals surface area contributed by atoms with E-state index in [2.05, 4.69) is 4.98 Å². The lowest BCUT2D eigenvalue weighted by Gasteiger charge is -2.16. The van der Waals surface area contributed by atoms with Crippen molar-refractivity contribution in [3.63, 3.8) is 0 Å². The van der Waals surface area contributed by atoms with E-state index < -0.39 is 4.92 Å². The van der Waals surface area contributed by atoms with Crippen molar-refractivity contribution in [2.24, 2.45) is 0 Å². The SMILES string of the molecule is CCCN(C)c1cc([N+](=O)[O-])cc(N)n1. The molecule has 1 aromatic heterocycles. The van der Waals surface area contributed by atoms with E-state index in [0.717, 1.165) is 13.0 Å². The molecule has 0 aliphatic rings. The molecule has 0 radical (unpaired) electrons. The first-order valence-corrected chi connectivity index (χ1v) is 4.67. The lowest BCUT2D eigenvalue weighted by molar-refractivity contribution is -0.384. The normalized spacial score (nSPS) is 10.0. The van der Waals surface area contributed by atoms with Crippen LogP contribution < -0.4 is 10.6 Å². The Kier molecular flexibility index (Phi) is 3.43. The first-order chi connectivity index (χ1) is 7.04. The molecule has 82 valence electrons. The van der Waals surface area contributed by atoms with E-state index in [4.69, 9.17) is 5.73 Å². The summed E-state index contributed by atoms with van der Waals surface area (Å²) in [6, 6.07) is 2.68. The molecule has 0 amide bonds. The Labute approximate surface area is 87.9 Å². The molecule has 6 nitrogen and oxygen atoms in total. The van der Waals surface area contributed by atoms with E-state index in [1.807, 2.05) is 18.9 Å². The van der Waals surface area contributed by atoms with E-state index in [0.29, 0.717) is 5.82 Å². The fourth-order valence-corrected chi connectivity index (χ4v) is 1.27. The molecular formula is C9H14N4O2. The monoisotopic (exact) mass is 210 g/mol. The highest BCUT2D eigenvalue weighted by Crippen LogP contribution is 2.20. The molecule has 0 bridgehead atoms. The van der Waals surface area contributed by atoms with Gasteiger partial charge in [0.1, 0.15) is 11.6 Å². The molecule has 1 aromatic rings. The van der Waals surface area contributed by atoms with E-state index in [-0.39, 0.29) is 11.5 Å². The van der Waals surface area contributed by atoms with Crippen LogP contribution in [0, 0.1) is 10.1 Å². The Hall–Kier alpha value is -1.85. The number of nitrogens with two attached hydrogens (primary N) is 1. The molecule has 0 fully saturated rings. The van der Waals surface area contributed by atoms with Crippen molar-refractivity contribution in [2.75, 3.05) is 24.2 Å². The molecule has 0 saturated heterocycles. The highest BCUT2D eigenvalue weighted by Gasteiger charge is 2.11. The Morgan fingerprint density at radius 3 is 2.80 bits per heavy atom. The second kappa shape index (κ2) is 4.59. The molecule has 0 spiro atoms. The largest absolute Gasteiger partial charge is 0.383 e.